The lowest BCUT2D eigenvalue weighted by atomic mass is 10.1. The van der Waals surface area contributed by atoms with Crippen molar-refractivity contribution in [3.05, 3.63) is 59.7 Å². The van der Waals surface area contributed by atoms with Crippen molar-refractivity contribution in [1.82, 2.24) is 0 Å². The van der Waals surface area contributed by atoms with Crippen LogP contribution in [0.4, 0.5) is 0 Å². The summed E-state index contributed by atoms with van der Waals surface area (Å²) in [6, 6.07) is 15.0. The van der Waals surface area contributed by atoms with Gasteiger partial charge in [0.25, 0.3) is 0 Å². The molecule has 0 radical (unpaired) electrons. The first-order valence-corrected chi connectivity index (χ1v) is 10.4. The molecule has 0 aliphatic rings. The SMILES string of the molecule is CCOC(C)Cc1ccc(OCCc2ccc(S(C)(=O)=O)cc2)cc1. The zero-order chi connectivity index (χ0) is 18.3. The van der Waals surface area contributed by atoms with E-state index < -0.39 is 9.84 Å². The van der Waals surface area contributed by atoms with Gasteiger partial charge in [-0.05, 0) is 55.7 Å². The second-order valence-corrected chi connectivity index (χ2v) is 8.14. The minimum Gasteiger partial charge on any atom is -0.493 e. The van der Waals surface area contributed by atoms with E-state index in [2.05, 4.69) is 19.1 Å². The summed E-state index contributed by atoms with van der Waals surface area (Å²) in [5, 5.41) is 0. The van der Waals surface area contributed by atoms with Crippen molar-refractivity contribution in [2.45, 2.75) is 37.7 Å². The van der Waals surface area contributed by atoms with Gasteiger partial charge in [0.05, 0.1) is 17.6 Å². The molecule has 1 atom stereocenters. The van der Waals surface area contributed by atoms with Gasteiger partial charge in [0.15, 0.2) is 9.84 Å². The third-order valence-electron chi connectivity index (χ3n) is 3.91. The van der Waals surface area contributed by atoms with Crippen LogP contribution in [0.25, 0.3) is 0 Å². The molecule has 0 aromatic heterocycles. The highest BCUT2D eigenvalue weighted by Gasteiger charge is 2.06. The van der Waals surface area contributed by atoms with Crippen molar-refractivity contribution >= 4 is 9.84 Å². The van der Waals surface area contributed by atoms with Gasteiger partial charge in [0, 0.05) is 19.3 Å². The Morgan fingerprint density at radius 1 is 0.960 bits per heavy atom. The van der Waals surface area contributed by atoms with Crippen molar-refractivity contribution in [1.29, 1.82) is 0 Å². The molecule has 4 nitrogen and oxygen atoms in total. The third-order valence-corrected chi connectivity index (χ3v) is 5.04. The normalized spacial score (nSPS) is 12.8. The van der Waals surface area contributed by atoms with Gasteiger partial charge in [-0.15, -0.1) is 0 Å². The van der Waals surface area contributed by atoms with Gasteiger partial charge in [-0.25, -0.2) is 8.42 Å². The Hall–Kier alpha value is -1.85. The van der Waals surface area contributed by atoms with Crippen LogP contribution in [0, 0.1) is 0 Å². The largest absolute Gasteiger partial charge is 0.493 e. The average molecular weight is 362 g/mol. The Morgan fingerprint density at radius 2 is 1.56 bits per heavy atom. The minimum absolute atomic E-state index is 0.215. The van der Waals surface area contributed by atoms with E-state index in [4.69, 9.17) is 9.47 Å². The van der Waals surface area contributed by atoms with E-state index >= 15 is 0 Å². The summed E-state index contributed by atoms with van der Waals surface area (Å²) < 4.78 is 34.2. The zero-order valence-electron chi connectivity index (χ0n) is 15.1. The van der Waals surface area contributed by atoms with E-state index in [0.717, 1.165) is 30.8 Å². The van der Waals surface area contributed by atoms with Crippen LogP contribution in [0.5, 0.6) is 5.75 Å². The molecule has 2 rings (SSSR count). The summed E-state index contributed by atoms with van der Waals surface area (Å²) in [6.07, 6.45) is 3.05. The predicted molar refractivity (Wildman–Crippen MR) is 100.0 cm³/mol. The number of benzene rings is 2. The number of hydrogen-bond acceptors (Lipinski definition) is 4. The fraction of sp³-hybridized carbons (Fsp3) is 0.400. The number of sulfone groups is 1. The first-order chi connectivity index (χ1) is 11.9. The quantitative estimate of drug-likeness (QED) is 0.683. The van der Waals surface area contributed by atoms with Gasteiger partial charge >= 0.3 is 0 Å². The van der Waals surface area contributed by atoms with E-state index in [9.17, 15) is 8.42 Å². The number of hydrogen-bond donors (Lipinski definition) is 0. The lowest BCUT2D eigenvalue weighted by molar-refractivity contribution is 0.0768. The van der Waals surface area contributed by atoms with Gasteiger partial charge in [-0.2, -0.15) is 0 Å². The Balaban J connectivity index is 1.81. The van der Waals surface area contributed by atoms with Gasteiger partial charge in [0.2, 0.25) is 0 Å². The van der Waals surface area contributed by atoms with Crippen LogP contribution in [0.3, 0.4) is 0 Å². The Bertz CT molecular complexity index is 749. The standard InChI is InChI=1S/C20H26O4S/c1-4-23-16(2)15-18-5-9-19(10-6-18)24-14-13-17-7-11-20(12-8-17)25(3,21)22/h5-12,16H,4,13-15H2,1-3H3. The number of rotatable bonds is 9. The van der Waals surface area contributed by atoms with Crippen LogP contribution in [0.15, 0.2) is 53.4 Å². The summed E-state index contributed by atoms with van der Waals surface area (Å²) in [4.78, 5) is 0.342. The van der Waals surface area contributed by atoms with Crippen molar-refractivity contribution in [3.63, 3.8) is 0 Å². The summed E-state index contributed by atoms with van der Waals surface area (Å²) in [5.41, 5.74) is 2.28. The van der Waals surface area contributed by atoms with Gasteiger partial charge in [-0.3, -0.25) is 0 Å². The molecule has 0 saturated carbocycles. The Labute approximate surface area is 150 Å². The molecule has 136 valence electrons. The maximum atomic E-state index is 11.4. The molecule has 0 saturated heterocycles. The maximum Gasteiger partial charge on any atom is 0.175 e. The summed E-state index contributed by atoms with van der Waals surface area (Å²) in [6.45, 7) is 5.35. The second kappa shape index (κ2) is 9.02. The topological polar surface area (TPSA) is 52.6 Å². The highest BCUT2D eigenvalue weighted by atomic mass is 32.2. The van der Waals surface area contributed by atoms with Gasteiger partial charge < -0.3 is 9.47 Å². The van der Waals surface area contributed by atoms with Crippen molar-refractivity contribution in [3.8, 4) is 5.75 Å². The lowest BCUT2D eigenvalue weighted by Crippen LogP contribution is -2.11. The molecule has 1 unspecified atom stereocenters. The van der Waals surface area contributed by atoms with E-state index in [1.165, 1.54) is 11.8 Å². The molecule has 0 amide bonds. The molecule has 0 bridgehead atoms. The molecule has 2 aromatic rings. The summed E-state index contributed by atoms with van der Waals surface area (Å²) >= 11 is 0. The Kier molecular flexibility index (Phi) is 7.02. The van der Waals surface area contributed by atoms with Crippen molar-refractivity contribution in [2.75, 3.05) is 19.5 Å². The molecular formula is C20H26O4S. The molecular weight excluding hydrogens is 336 g/mol. The molecule has 0 aliphatic heterocycles. The van der Waals surface area contributed by atoms with Crippen LogP contribution in [-0.2, 0) is 27.4 Å². The fourth-order valence-corrected chi connectivity index (χ4v) is 3.22. The van der Waals surface area contributed by atoms with Gasteiger partial charge in [-0.1, -0.05) is 24.3 Å². The molecule has 0 aliphatic carbocycles. The van der Waals surface area contributed by atoms with Crippen LogP contribution in [0.2, 0.25) is 0 Å². The van der Waals surface area contributed by atoms with E-state index in [0.29, 0.717) is 11.5 Å². The molecule has 5 heteroatoms. The number of ether oxygens (including phenoxy) is 2. The van der Waals surface area contributed by atoms with Crippen LogP contribution in [0.1, 0.15) is 25.0 Å². The average Bonchev–Trinajstić information content (AvgIpc) is 2.56. The smallest absolute Gasteiger partial charge is 0.175 e. The third kappa shape index (κ3) is 6.52. The molecule has 25 heavy (non-hydrogen) atoms. The lowest BCUT2D eigenvalue weighted by Gasteiger charge is -2.12. The first-order valence-electron chi connectivity index (χ1n) is 8.51. The van der Waals surface area contributed by atoms with Crippen molar-refractivity contribution in [2.24, 2.45) is 0 Å². The summed E-state index contributed by atoms with van der Waals surface area (Å²) in [5.74, 6) is 0.834. The van der Waals surface area contributed by atoms with E-state index in [-0.39, 0.29) is 6.10 Å². The minimum atomic E-state index is -3.14. The fourth-order valence-electron chi connectivity index (χ4n) is 2.59. The second-order valence-electron chi connectivity index (χ2n) is 6.13. The maximum absolute atomic E-state index is 11.4. The molecule has 0 heterocycles. The van der Waals surface area contributed by atoms with E-state index in [1.807, 2.05) is 31.2 Å². The van der Waals surface area contributed by atoms with Crippen LogP contribution < -0.4 is 4.74 Å². The molecule has 0 spiro atoms. The zero-order valence-corrected chi connectivity index (χ0v) is 15.9. The first kappa shape index (κ1) is 19.5. The monoisotopic (exact) mass is 362 g/mol. The molecule has 2 aromatic carbocycles. The van der Waals surface area contributed by atoms with Crippen LogP contribution in [-0.4, -0.2) is 34.0 Å². The van der Waals surface area contributed by atoms with E-state index in [1.54, 1.807) is 12.1 Å². The highest BCUT2D eigenvalue weighted by molar-refractivity contribution is 7.90. The molecule has 0 N–H and O–H groups in total. The Morgan fingerprint density at radius 3 is 2.12 bits per heavy atom. The predicted octanol–water partition coefficient (Wildman–Crippen LogP) is 3.68. The highest BCUT2D eigenvalue weighted by Crippen LogP contribution is 2.15. The van der Waals surface area contributed by atoms with Crippen LogP contribution >= 0.6 is 0 Å². The van der Waals surface area contributed by atoms with Gasteiger partial charge in [0.1, 0.15) is 5.75 Å². The molecule has 0 fully saturated rings. The van der Waals surface area contributed by atoms with Crippen molar-refractivity contribution < 1.29 is 17.9 Å². The summed E-state index contributed by atoms with van der Waals surface area (Å²) in [7, 11) is -3.14.